The van der Waals surface area contributed by atoms with Crippen LogP contribution in [0.5, 0.6) is 0 Å². The van der Waals surface area contributed by atoms with Gasteiger partial charge in [0, 0.05) is 24.0 Å². The number of hydrogen-bond acceptors (Lipinski definition) is 1. The molecule has 0 aromatic carbocycles. The number of carbonyl (C=O) groups is 1. The van der Waals surface area contributed by atoms with Crippen LogP contribution < -0.4 is 5.73 Å². The molecule has 0 aliphatic heterocycles. The van der Waals surface area contributed by atoms with E-state index in [0.717, 1.165) is 0 Å². The molecule has 0 rings (SSSR count). The fraction of sp³-hybridized carbons (Fsp3) is 0.500. The van der Waals surface area contributed by atoms with Gasteiger partial charge >= 0.3 is 0 Å². The smallest absolute Gasteiger partial charge is 0.214 e. The van der Waals surface area contributed by atoms with Gasteiger partial charge in [-0.05, 0) is 0 Å². The second kappa shape index (κ2) is 3.99. The summed E-state index contributed by atoms with van der Waals surface area (Å²) in [4.78, 5) is 9.22. The van der Waals surface area contributed by atoms with E-state index in [1.54, 1.807) is 0 Å². The summed E-state index contributed by atoms with van der Waals surface area (Å²) < 4.78 is 0. The maximum atomic E-state index is 9.22. The van der Waals surface area contributed by atoms with Crippen LogP contribution in [0.15, 0.2) is 0 Å². The maximum absolute atomic E-state index is 9.22. The van der Waals surface area contributed by atoms with Crippen molar-refractivity contribution in [1.29, 1.82) is 0 Å². The molecule has 0 aliphatic rings. The second-order valence-corrected chi connectivity index (χ2v) is 0.611. The topological polar surface area (TPSA) is 43.1 Å². The molecule has 0 bridgehead atoms. The van der Waals surface area contributed by atoms with Crippen LogP contribution >= 0.6 is 0 Å². The predicted molar refractivity (Wildman–Crippen MR) is 14.9 cm³/mol. The molecule has 0 radical (unpaired) electrons. The molecule has 2 nitrogen and oxygen atoms in total. The standard InChI is InChI=1S/C2H5NO.Fe/c1-2(3)4;/h1H3,(H2,3,4);. The predicted octanol–water partition coefficient (Wildman–Crippen LogP) is -0.511. The first-order chi connectivity index (χ1) is 1.73. The van der Waals surface area contributed by atoms with Gasteiger partial charge in [0.15, 0.2) is 0 Å². The fourth-order valence-electron chi connectivity index (χ4n) is 0. The minimum Gasteiger partial charge on any atom is -0.370 e. The number of nitrogens with two attached hydrogens (primary N) is 1. The summed E-state index contributed by atoms with van der Waals surface area (Å²) in [5, 5.41) is 0. The summed E-state index contributed by atoms with van der Waals surface area (Å²) in [7, 11) is 0. The van der Waals surface area contributed by atoms with E-state index in [1.165, 1.54) is 6.92 Å². The van der Waals surface area contributed by atoms with Crippen molar-refractivity contribution in [2.45, 2.75) is 6.92 Å². The van der Waals surface area contributed by atoms with E-state index in [4.69, 9.17) is 0 Å². The van der Waals surface area contributed by atoms with E-state index in [2.05, 4.69) is 5.73 Å². The monoisotopic (exact) mass is 115 g/mol. The van der Waals surface area contributed by atoms with Crippen LogP contribution in [0.25, 0.3) is 0 Å². The largest absolute Gasteiger partial charge is 0.370 e. The van der Waals surface area contributed by atoms with Crippen LogP contribution in [0.1, 0.15) is 6.92 Å². The first kappa shape index (κ1) is 8.89. The number of carbonyl (C=O) groups excluding carboxylic acids is 1. The molecular formula is C2H5FeNO. The number of amides is 1. The maximum Gasteiger partial charge on any atom is 0.214 e. The molecule has 0 unspecified atom stereocenters. The van der Waals surface area contributed by atoms with Crippen molar-refractivity contribution in [2.24, 2.45) is 5.73 Å². The Bertz CT molecular complexity index is 32.6. The van der Waals surface area contributed by atoms with Gasteiger partial charge in [0.2, 0.25) is 5.91 Å². The van der Waals surface area contributed by atoms with Crippen molar-refractivity contribution >= 4 is 5.91 Å². The van der Waals surface area contributed by atoms with Gasteiger partial charge in [0.1, 0.15) is 0 Å². The fourth-order valence-corrected chi connectivity index (χ4v) is 0. The summed E-state index contributed by atoms with van der Waals surface area (Å²) in [5.74, 6) is -0.333. The third-order valence-electron chi connectivity index (χ3n) is 0. The molecular weight excluding hydrogens is 110 g/mol. The first-order valence-electron chi connectivity index (χ1n) is 0.993. The normalized spacial score (nSPS) is 5.00. The molecule has 0 aliphatic carbocycles. The third kappa shape index (κ3) is 143000. The van der Waals surface area contributed by atoms with Gasteiger partial charge in [-0.2, -0.15) is 0 Å². The SMILES string of the molecule is CC(N)=O.[Fe]. The molecule has 0 fully saturated rings. The van der Waals surface area contributed by atoms with Crippen LogP contribution in [0, 0.1) is 0 Å². The molecule has 3 heteroatoms. The van der Waals surface area contributed by atoms with Crippen LogP contribution in [0.3, 0.4) is 0 Å². The van der Waals surface area contributed by atoms with E-state index in [1.807, 2.05) is 0 Å². The van der Waals surface area contributed by atoms with Crippen LogP contribution in [-0.2, 0) is 21.9 Å². The quantitative estimate of drug-likeness (QED) is 0.424. The molecule has 0 heterocycles. The van der Waals surface area contributed by atoms with Crippen molar-refractivity contribution in [3.8, 4) is 0 Å². The van der Waals surface area contributed by atoms with Crippen molar-refractivity contribution in [2.75, 3.05) is 0 Å². The minimum atomic E-state index is -0.333. The summed E-state index contributed by atoms with van der Waals surface area (Å²) in [6, 6.07) is 0. The van der Waals surface area contributed by atoms with Crippen molar-refractivity contribution in [1.82, 2.24) is 0 Å². The molecule has 0 saturated carbocycles. The summed E-state index contributed by atoms with van der Waals surface area (Å²) in [5.41, 5.74) is 4.47. The van der Waals surface area contributed by atoms with E-state index < -0.39 is 0 Å². The van der Waals surface area contributed by atoms with Gasteiger partial charge in [-0.15, -0.1) is 0 Å². The van der Waals surface area contributed by atoms with Crippen molar-refractivity contribution in [3.05, 3.63) is 0 Å². The first-order valence-corrected chi connectivity index (χ1v) is 0.993. The summed E-state index contributed by atoms with van der Waals surface area (Å²) in [6.45, 7) is 1.31. The Labute approximate surface area is 41.2 Å². The zero-order valence-corrected chi connectivity index (χ0v) is 3.94. The number of hydrogen-bond donors (Lipinski definition) is 1. The van der Waals surface area contributed by atoms with Crippen molar-refractivity contribution < 1.29 is 21.9 Å². The summed E-state index contributed by atoms with van der Waals surface area (Å²) in [6.07, 6.45) is 0. The summed E-state index contributed by atoms with van der Waals surface area (Å²) >= 11 is 0. The third-order valence-corrected chi connectivity index (χ3v) is 0. The van der Waals surface area contributed by atoms with Crippen LogP contribution in [0.4, 0.5) is 0 Å². The molecule has 1 amide bonds. The molecule has 0 aromatic rings. The van der Waals surface area contributed by atoms with E-state index in [9.17, 15) is 4.79 Å². The molecule has 0 atom stereocenters. The molecule has 2 N–H and O–H groups in total. The van der Waals surface area contributed by atoms with Gasteiger partial charge < -0.3 is 5.73 Å². The molecule has 0 saturated heterocycles. The van der Waals surface area contributed by atoms with Crippen molar-refractivity contribution in [3.63, 3.8) is 0 Å². The molecule has 5 heavy (non-hydrogen) atoms. The van der Waals surface area contributed by atoms with Gasteiger partial charge in [0.25, 0.3) is 0 Å². The Morgan fingerprint density at radius 3 is 1.80 bits per heavy atom. The van der Waals surface area contributed by atoms with E-state index in [0.29, 0.717) is 0 Å². The van der Waals surface area contributed by atoms with Crippen LogP contribution in [0.2, 0.25) is 0 Å². The molecule has 0 spiro atoms. The number of rotatable bonds is 0. The van der Waals surface area contributed by atoms with Gasteiger partial charge in [0.05, 0.1) is 0 Å². The molecule has 32 valence electrons. The Morgan fingerprint density at radius 1 is 1.80 bits per heavy atom. The van der Waals surface area contributed by atoms with Gasteiger partial charge in [-0.3, -0.25) is 4.79 Å². The van der Waals surface area contributed by atoms with Gasteiger partial charge in [-0.25, -0.2) is 0 Å². The minimum absolute atomic E-state index is 0. The van der Waals surface area contributed by atoms with Crippen LogP contribution in [-0.4, -0.2) is 5.91 Å². The average Bonchev–Trinajstić information content (AvgIpc) is 0.811. The van der Waals surface area contributed by atoms with Gasteiger partial charge in [-0.1, -0.05) is 0 Å². The Hall–Kier alpha value is -0.0105. The van der Waals surface area contributed by atoms with E-state index in [-0.39, 0.29) is 23.0 Å². The number of primary amides is 1. The average molecular weight is 115 g/mol. The zero-order valence-electron chi connectivity index (χ0n) is 2.84. The Morgan fingerprint density at radius 2 is 1.80 bits per heavy atom. The molecule has 0 aromatic heterocycles. The Kier molecular flexibility index (Phi) is 7.09. The van der Waals surface area contributed by atoms with E-state index >= 15 is 0 Å². The Balaban J connectivity index is 0. The second-order valence-electron chi connectivity index (χ2n) is 0.611. The zero-order chi connectivity index (χ0) is 3.58.